The first-order chi connectivity index (χ1) is 13.5. The molecule has 4 rings (SSSR count). The smallest absolute Gasteiger partial charge is 0.256 e. The van der Waals surface area contributed by atoms with E-state index in [0.29, 0.717) is 30.3 Å². The molecule has 7 nitrogen and oxygen atoms in total. The molecule has 0 bridgehead atoms. The molecule has 0 saturated carbocycles. The first-order valence-electron chi connectivity index (χ1n) is 10.0. The summed E-state index contributed by atoms with van der Waals surface area (Å²) in [6, 6.07) is 0. The number of carbonyl (C=O) groups is 1. The van der Waals surface area contributed by atoms with E-state index in [-0.39, 0.29) is 5.91 Å². The Morgan fingerprint density at radius 2 is 1.89 bits per heavy atom. The lowest BCUT2D eigenvalue weighted by Gasteiger charge is -2.32. The third kappa shape index (κ3) is 3.28. The van der Waals surface area contributed by atoms with Crippen molar-refractivity contribution in [3.63, 3.8) is 0 Å². The predicted molar refractivity (Wildman–Crippen MR) is 107 cm³/mol. The molecule has 2 aliphatic heterocycles. The van der Waals surface area contributed by atoms with Gasteiger partial charge in [0.25, 0.3) is 5.91 Å². The van der Waals surface area contributed by atoms with E-state index in [0.717, 1.165) is 43.9 Å². The van der Waals surface area contributed by atoms with E-state index < -0.39 is 0 Å². The second kappa shape index (κ2) is 7.54. The second-order valence-electron chi connectivity index (χ2n) is 7.96. The lowest BCUT2D eigenvalue weighted by atomic mass is 9.92. The van der Waals surface area contributed by atoms with Crippen LogP contribution in [0, 0.1) is 13.8 Å². The van der Waals surface area contributed by atoms with E-state index in [9.17, 15) is 4.79 Å². The van der Waals surface area contributed by atoms with Crippen molar-refractivity contribution in [1.29, 1.82) is 0 Å². The van der Waals surface area contributed by atoms with Gasteiger partial charge < -0.3 is 19.1 Å². The highest BCUT2D eigenvalue weighted by atomic mass is 16.5. The Hall–Kier alpha value is -2.41. The lowest BCUT2D eigenvalue weighted by molar-refractivity contribution is 0.0707. The van der Waals surface area contributed by atoms with Crippen LogP contribution < -0.4 is 4.74 Å². The molecular formula is C21H29N5O2. The number of fused-ring (bicyclic) bond motifs is 1. The van der Waals surface area contributed by atoms with Crippen molar-refractivity contribution < 1.29 is 9.53 Å². The summed E-state index contributed by atoms with van der Waals surface area (Å²) in [5.74, 6) is 2.22. The van der Waals surface area contributed by atoms with E-state index in [2.05, 4.69) is 28.4 Å². The molecular weight excluding hydrogens is 354 g/mol. The zero-order chi connectivity index (χ0) is 19.8. The molecule has 0 N–H and O–H groups in total. The Morgan fingerprint density at radius 1 is 1.14 bits per heavy atom. The van der Waals surface area contributed by atoms with Gasteiger partial charge in [0.05, 0.1) is 36.8 Å². The number of imidazole rings is 1. The Bertz CT molecular complexity index is 883. The van der Waals surface area contributed by atoms with Gasteiger partial charge in [0, 0.05) is 30.8 Å². The van der Waals surface area contributed by atoms with Crippen LogP contribution in [0.3, 0.4) is 0 Å². The highest BCUT2D eigenvalue weighted by Crippen LogP contribution is 2.32. The van der Waals surface area contributed by atoms with Crippen LogP contribution in [0.25, 0.3) is 0 Å². The molecule has 0 aromatic carbocycles. The molecule has 0 radical (unpaired) electrons. The van der Waals surface area contributed by atoms with Crippen LogP contribution in [-0.2, 0) is 13.1 Å². The molecule has 0 atom stereocenters. The number of hydrogen-bond acceptors (Lipinski definition) is 5. The van der Waals surface area contributed by atoms with Crippen molar-refractivity contribution in [1.82, 2.24) is 24.3 Å². The minimum absolute atomic E-state index is 0.0170. The Balaban J connectivity index is 1.60. The maximum Gasteiger partial charge on any atom is 0.256 e. The predicted octanol–water partition coefficient (Wildman–Crippen LogP) is 2.37. The van der Waals surface area contributed by atoms with Crippen LogP contribution in [0.4, 0.5) is 0 Å². The summed E-state index contributed by atoms with van der Waals surface area (Å²) in [6.45, 7) is 8.29. The van der Waals surface area contributed by atoms with Gasteiger partial charge in [-0.25, -0.2) is 4.98 Å². The summed E-state index contributed by atoms with van der Waals surface area (Å²) in [7, 11) is 3.78. The maximum absolute atomic E-state index is 13.2. The van der Waals surface area contributed by atoms with Gasteiger partial charge in [0.15, 0.2) is 0 Å². The summed E-state index contributed by atoms with van der Waals surface area (Å²) in [4.78, 5) is 26.6. The van der Waals surface area contributed by atoms with E-state index in [4.69, 9.17) is 9.72 Å². The molecule has 0 unspecified atom stereocenters. The van der Waals surface area contributed by atoms with Gasteiger partial charge in [-0.15, -0.1) is 0 Å². The number of amides is 1. The molecule has 4 heterocycles. The molecule has 1 fully saturated rings. The first-order valence-corrected chi connectivity index (χ1v) is 10.0. The zero-order valence-electron chi connectivity index (χ0n) is 17.2. The number of pyridine rings is 1. The molecule has 0 aliphatic carbocycles. The Kier molecular flexibility index (Phi) is 5.10. The largest absolute Gasteiger partial charge is 0.495 e. The molecule has 1 amide bonds. The number of ether oxygens (including phenoxy) is 1. The number of hydrogen-bond donors (Lipinski definition) is 0. The minimum atomic E-state index is 0.0170. The second-order valence-corrected chi connectivity index (χ2v) is 7.96. The van der Waals surface area contributed by atoms with Gasteiger partial charge in [-0.1, -0.05) is 0 Å². The topological polar surface area (TPSA) is 63.5 Å². The van der Waals surface area contributed by atoms with Crippen molar-refractivity contribution in [3.05, 3.63) is 40.7 Å². The van der Waals surface area contributed by atoms with Crippen LogP contribution in [0.15, 0.2) is 12.4 Å². The normalized spacial score (nSPS) is 18.2. The van der Waals surface area contributed by atoms with E-state index >= 15 is 0 Å². The summed E-state index contributed by atoms with van der Waals surface area (Å²) in [6.07, 6.45) is 5.56. The number of rotatable bonds is 3. The number of aromatic nitrogens is 3. The van der Waals surface area contributed by atoms with Crippen molar-refractivity contribution in [3.8, 4) is 5.75 Å². The average molecular weight is 383 g/mol. The molecule has 2 aromatic heterocycles. The van der Waals surface area contributed by atoms with Crippen LogP contribution in [0.1, 0.15) is 51.9 Å². The van der Waals surface area contributed by atoms with Gasteiger partial charge in [-0.05, 0) is 46.8 Å². The number of carbonyl (C=O) groups excluding carboxylic acids is 1. The van der Waals surface area contributed by atoms with Crippen molar-refractivity contribution in [2.45, 2.75) is 45.7 Å². The highest BCUT2D eigenvalue weighted by Gasteiger charge is 2.31. The zero-order valence-corrected chi connectivity index (χ0v) is 17.2. The van der Waals surface area contributed by atoms with E-state index in [1.165, 1.54) is 11.4 Å². The first kappa shape index (κ1) is 18.9. The Morgan fingerprint density at radius 3 is 2.61 bits per heavy atom. The van der Waals surface area contributed by atoms with Crippen LogP contribution in [-0.4, -0.2) is 64.0 Å². The SMILES string of the molecule is COc1cncc(C(=O)N2CCn3c(C)nc(C4CCN(C)CC4)c3C2)c1C. The third-order valence-corrected chi connectivity index (χ3v) is 6.24. The van der Waals surface area contributed by atoms with Crippen LogP contribution in [0.2, 0.25) is 0 Å². The van der Waals surface area contributed by atoms with Crippen LogP contribution in [0.5, 0.6) is 5.75 Å². The molecule has 1 saturated heterocycles. The summed E-state index contributed by atoms with van der Waals surface area (Å²) >= 11 is 0. The maximum atomic E-state index is 13.2. The van der Waals surface area contributed by atoms with Gasteiger partial charge in [0.1, 0.15) is 11.6 Å². The van der Waals surface area contributed by atoms with Gasteiger partial charge in [0.2, 0.25) is 0 Å². The molecule has 7 heteroatoms. The number of nitrogens with zero attached hydrogens (tertiary/aromatic N) is 5. The average Bonchev–Trinajstić information content (AvgIpc) is 3.04. The molecule has 150 valence electrons. The number of piperidine rings is 1. The van der Waals surface area contributed by atoms with Crippen molar-refractivity contribution >= 4 is 5.91 Å². The molecule has 0 spiro atoms. The Labute approximate surface area is 166 Å². The monoisotopic (exact) mass is 383 g/mol. The van der Waals surface area contributed by atoms with Crippen LogP contribution >= 0.6 is 0 Å². The standard InChI is InChI=1S/C21H29N5O2/c1-14-17(11-22-12-19(14)28-4)21(27)25-9-10-26-15(2)23-20(18(26)13-25)16-5-7-24(3)8-6-16/h11-12,16H,5-10,13H2,1-4H3. The third-order valence-electron chi connectivity index (χ3n) is 6.24. The van der Waals surface area contributed by atoms with Gasteiger partial charge in [-0.3, -0.25) is 9.78 Å². The van der Waals surface area contributed by atoms with Crippen molar-refractivity contribution in [2.24, 2.45) is 0 Å². The number of methoxy groups -OCH3 is 1. The summed E-state index contributed by atoms with van der Waals surface area (Å²) < 4.78 is 7.64. The molecule has 2 aliphatic rings. The van der Waals surface area contributed by atoms with Gasteiger partial charge >= 0.3 is 0 Å². The fourth-order valence-electron chi connectivity index (χ4n) is 4.46. The van der Waals surface area contributed by atoms with E-state index in [1.807, 2.05) is 11.8 Å². The fraction of sp³-hybridized carbons (Fsp3) is 0.571. The molecule has 28 heavy (non-hydrogen) atoms. The fourth-order valence-corrected chi connectivity index (χ4v) is 4.46. The number of aryl methyl sites for hydroxylation is 1. The van der Waals surface area contributed by atoms with Gasteiger partial charge in [-0.2, -0.15) is 0 Å². The minimum Gasteiger partial charge on any atom is -0.495 e. The lowest BCUT2D eigenvalue weighted by Crippen LogP contribution is -2.39. The molecule has 2 aromatic rings. The van der Waals surface area contributed by atoms with E-state index in [1.54, 1.807) is 19.5 Å². The highest BCUT2D eigenvalue weighted by molar-refractivity contribution is 5.96. The summed E-state index contributed by atoms with van der Waals surface area (Å²) in [5.41, 5.74) is 3.86. The van der Waals surface area contributed by atoms with Crippen molar-refractivity contribution in [2.75, 3.05) is 33.8 Å². The quantitative estimate of drug-likeness (QED) is 0.814. The summed E-state index contributed by atoms with van der Waals surface area (Å²) in [5, 5.41) is 0. The number of likely N-dealkylation sites (tertiary alicyclic amines) is 1.